The minimum Gasteiger partial charge on any atom is -0.303 e. The molecular weight excluding hydrogens is 230 g/mol. The molecule has 1 N–H and O–H groups in total. The summed E-state index contributed by atoms with van der Waals surface area (Å²) in [6.45, 7) is 10.2. The minimum atomic E-state index is 0.119. The van der Waals surface area contributed by atoms with Crippen molar-refractivity contribution in [1.29, 1.82) is 0 Å². The Labute approximate surface area is 108 Å². The van der Waals surface area contributed by atoms with Crippen molar-refractivity contribution < 1.29 is 0 Å². The molecule has 0 saturated carbocycles. The fraction of sp³-hybridized carbons (Fsp3) is 0.769. The standard InChI is InChI=1S/C13H23N3S/c1-4-16-8-5-13(6-9-16,15-11(2)3)12-14-7-10-17-12/h7,10-11,15H,4-6,8-9H2,1-3H3. The Hall–Kier alpha value is -0.450. The molecule has 2 heterocycles. The van der Waals surface area contributed by atoms with E-state index in [0.717, 1.165) is 6.54 Å². The molecular formula is C13H23N3S. The lowest BCUT2D eigenvalue weighted by Crippen LogP contribution is -2.53. The molecule has 1 aromatic rings. The molecule has 4 heteroatoms. The number of piperidine rings is 1. The number of likely N-dealkylation sites (tertiary alicyclic amines) is 1. The van der Waals surface area contributed by atoms with Crippen molar-refractivity contribution in [2.24, 2.45) is 0 Å². The summed E-state index contributed by atoms with van der Waals surface area (Å²) in [6, 6.07) is 0.507. The molecule has 0 aromatic carbocycles. The zero-order valence-electron chi connectivity index (χ0n) is 11.1. The number of nitrogens with one attached hydrogen (secondary N) is 1. The van der Waals surface area contributed by atoms with Gasteiger partial charge in [0, 0.05) is 30.7 Å². The van der Waals surface area contributed by atoms with Gasteiger partial charge in [-0.1, -0.05) is 6.92 Å². The topological polar surface area (TPSA) is 28.2 Å². The van der Waals surface area contributed by atoms with Gasteiger partial charge in [-0.3, -0.25) is 0 Å². The second-order valence-electron chi connectivity index (χ2n) is 5.15. The molecule has 1 aliphatic rings. The number of thiazole rings is 1. The van der Waals surface area contributed by atoms with E-state index in [4.69, 9.17) is 0 Å². The second kappa shape index (κ2) is 5.46. The van der Waals surface area contributed by atoms with Gasteiger partial charge >= 0.3 is 0 Å². The van der Waals surface area contributed by atoms with E-state index in [2.05, 4.69) is 41.4 Å². The zero-order valence-corrected chi connectivity index (χ0v) is 11.9. The van der Waals surface area contributed by atoms with Crippen molar-refractivity contribution in [1.82, 2.24) is 15.2 Å². The molecule has 96 valence electrons. The average molecular weight is 253 g/mol. The van der Waals surface area contributed by atoms with Crippen molar-refractivity contribution in [2.45, 2.75) is 45.2 Å². The number of nitrogens with zero attached hydrogens (tertiary/aromatic N) is 2. The Morgan fingerprint density at radius 3 is 2.65 bits per heavy atom. The van der Waals surface area contributed by atoms with Gasteiger partial charge < -0.3 is 10.2 Å². The van der Waals surface area contributed by atoms with Crippen LogP contribution >= 0.6 is 11.3 Å². The van der Waals surface area contributed by atoms with Crippen molar-refractivity contribution in [3.8, 4) is 0 Å². The molecule has 0 amide bonds. The summed E-state index contributed by atoms with van der Waals surface area (Å²) in [5, 5.41) is 7.12. The van der Waals surface area contributed by atoms with E-state index in [0.29, 0.717) is 6.04 Å². The van der Waals surface area contributed by atoms with Crippen LogP contribution in [0, 0.1) is 0 Å². The largest absolute Gasteiger partial charge is 0.303 e. The van der Waals surface area contributed by atoms with Crippen molar-refractivity contribution in [3.05, 3.63) is 16.6 Å². The number of rotatable bonds is 4. The smallest absolute Gasteiger partial charge is 0.113 e. The van der Waals surface area contributed by atoms with Crippen LogP contribution < -0.4 is 5.32 Å². The maximum absolute atomic E-state index is 4.55. The van der Waals surface area contributed by atoms with Gasteiger partial charge in [-0.25, -0.2) is 4.98 Å². The van der Waals surface area contributed by atoms with E-state index in [-0.39, 0.29) is 5.54 Å². The summed E-state index contributed by atoms with van der Waals surface area (Å²) in [7, 11) is 0. The molecule has 17 heavy (non-hydrogen) atoms. The fourth-order valence-electron chi connectivity index (χ4n) is 2.68. The number of hydrogen-bond donors (Lipinski definition) is 1. The molecule has 2 rings (SSSR count). The molecule has 0 atom stereocenters. The monoisotopic (exact) mass is 253 g/mol. The molecule has 0 bridgehead atoms. The second-order valence-corrected chi connectivity index (χ2v) is 6.05. The van der Waals surface area contributed by atoms with Gasteiger partial charge in [-0.05, 0) is 33.2 Å². The molecule has 1 fully saturated rings. The van der Waals surface area contributed by atoms with Gasteiger partial charge in [-0.15, -0.1) is 11.3 Å². The zero-order chi connectivity index (χ0) is 12.3. The summed E-state index contributed by atoms with van der Waals surface area (Å²) < 4.78 is 0. The third-order valence-corrected chi connectivity index (χ3v) is 4.54. The van der Waals surface area contributed by atoms with Gasteiger partial charge in [0.05, 0.1) is 5.54 Å². The number of aromatic nitrogens is 1. The lowest BCUT2D eigenvalue weighted by molar-refractivity contribution is 0.131. The highest BCUT2D eigenvalue weighted by molar-refractivity contribution is 7.09. The molecule has 0 spiro atoms. The molecule has 3 nitrogen and oxygen atoms in total. The predicted octanol–water partition coefficient (Wildman–Crippen LogP) is 2.45. The van der Waals surface area contributed by atoms with Crippen LogP contribution in [0.4, 0.5) is 0 Å². The predicted molar refractivity (Wildman–Crippen MR) is 73.4 cm³/mol. The SMILES string of the molecule is CCN1CCC(NC(C)C)(c2nccs2)CC1. The Bertz CT molecular complexity index is 326. The van der Waals surface area contributed by atoms with Crippen LogP contribution in [0.3, 0.4) is 0 Å². The van der Waals surface area contributed by atoms with Crippen LogP contribution in [0.15, 0.2) is 11.6 Å². The van der Waals surface area contributed by atoms with E-state index >= 15 is 0 Å². The third kappa shape index (κ3) is 2.87. The highest BCUT2D eigenvalue weighted by Gasteiger charge is 2.38. The summed E-state index contributed by atoms with van der Waals surface area (Å²) in [4.78, 5) is 7.08. The van der Waals surface area contributed by atoms with E-state index < -0.39 is 0 Å². The first-order chi connectivity index (χ1) is 8.16. The van der Waals surface area contributed by atoms with Gasteiger partial charge in [0.2, 0.25) is 0 Å². The normalized spacial score (nSPS) is 20.9. The number of hydrogen-bond acceptors (Lipinski definition) is 4. The molecule has 1 saturated heterocycles. The lowest BCUT2D eigenvalue weighted by Gasteiger charge is -2.42. The average Bonchev–Trinajstić information content (AvgIpc) is 2.83. The molecule has 0 unspecified atom stereocenters. The van der Waals surface area contributed by atoms with Crippen molar-refractivity contribution in [2.75, 3.05) is 19.6 Å². The maximum Gasteiger partial charge on any atom is 0.113 e. The van der Waals surface area contributed by atoms with E-state index in [9.17, 15) is 0 Å². The highest BCUT2D eigenvalue weighted by Crippen LogP contribution is 2.34. The fourth-order valence-corrected chi connectivity index (χ4v) is 3.54. The lowest BCUT2D eigenvalue weighted by atomic mass is 9.87. The quantitative estimate of drug-likeness (QED) is 0.893. The van der Waals surface area contributed by atoms with E-state index in [1.165, 1.54) is 30.9 Å². The first-order valence-electron chi connectivity index (χ1n) is 6.56. The van der Waals surface area contributed by atoms with Crippen LogP contribution in [-0.4, -0.2) is 35.6 Å². The van der Waals surface area contributed by atoms with Crippen molar-refractivity contribution in [3.63, 3.8) is 0 Å². The van der Waals surface area contributed by atoms with E-state index in [1.807, 2.05) is 6.20 Å². The first kappa shape index (κ1) is 13.0. The van der Waals surface area contributed by atoms with Crippen LogP contribution in [-0.2, 0) is 5.54 Å². The Kier molecular flexibility index (Phi) is 4.17. The minimum absolute atomic E-state index is 0.119. The van der Waals surface area contributed by atoms with Crippen LogP contribution in [0.1, 0.15) is 38.6 Å². The van der Waals surface area contributed by atoms with Crippen LogP contribution in [0.25, 0.3) is 0 Å². The van der Waals surface area contributed by atoms with E-state index in [1.54, 1.807) is 11.3 Å². The molecule has 1 aromatic heterocycles. The van der Waals surface area contributed by atoms with Gasteiger partial charge in [0.15, 0.2) is 0 Å². The molecule has 1 aliphatic heterocycles. The maximum atomic E-state index is 4.55. The van der Waals surface area contributed by atoms with Crippen LogP contribution in [0.2, 0.25) is 0 Å². The molecule has 0 radical (unpaired) electrons. The first-order valence-corrected chi connectivity index (χ1v) is 7.44. The third-order valence-electron chi connectivity index (χ3n) is 3.56. The summed E-state index contributed by atoms with van der Waals surface area (Å²) >= 11 is 1.79. The van der Waals surface area contributed by atoms with Crippen LogP contribution in [0.5, 0.6) is 0 Å². The van der Waals surface area contributed by atoms with Crippen molar-refractivity contribution >= 4 is 11.3 Å². The summed E-state index contributed by atoms with van der Waals surface area (Å²) in [5.41, 5.74) is 0.119. The summed E-state index contributed by atoms with van der Waals surface area (Å²) in [6.07, 6.45) is 4.27. The highest BCUT2D eigenvalue weighted by atomic mass is 32.1. The Morgan fingerprint density at radius 1 is 1.47 bits per heavy atom. The Morgan fingerprint density at radius 2 is 2.18 bits per heavy atom. The Balaban J connectivity index is 2.15. The van der Waals surface area contributed by atoms with Gasteiger partial charge in [-0.2, -0.15) is 0 Å². The summed E-state index contributed by atoms with van der Waals surface area (Å²) in [5.74, 6) is 0. The molecule has 0 aliphatic carbocycles. The van der Waals surface area contributed by atoms with Gasteiger partial charge in [0.1, 0.15) is 5.01 Å². The van der Waals surface area contributed by atoms with Gasteiger partial charge in [0.25, 0.3) is 0 Å².